The second-order valence-electron chi connectivity index (χ2n) is 5.61. The van der Waals surface area contributed by atoms with Crippen molar-refractivity contribution in [2.75, 3.05) is 13.1 Å². The third-order valence-electron chi connectivity index (χ3n) is 2.78. The number of halogens is 2. The van der Waals surface area contributed by atoms with Crippen molar-refractivity contribution in [2.24, 2.45) is 0 Å². The van der Waals surface area contributed by atoms with Gasteiger partial charge in [0.1, 0.15) is 17.8 Å². The van der Waals surface area contributed by atoms with Gasteiger partial charge in [-0.05, 0) is 43.4 Å². The molecule has 7 heteroatoms. The molecule has 2 rings (SSSR count). The minimum Gasteiger partial charge on any atom is -0.444 e. The fourth-order valence-electron chi connectivity index (χ4n) is 1.97. The molecule has 0 aromatic carbocycles. The highest BCUT2D eigenvalue weighted by Gasteiger charge is 2.38. The maximum Gasteiger partial charge on any atom is 0.410 e. The molecular weight excluding hydrogens is 364 g/mol. The van der Waals surface area contributed by atoms with Crippen molar-refractivity contribution in [1.29, 1.82) is 0 Å². The molecule has 0 bridgehead atoms. The van der Waals surface area contributed by atoms with Crippen LogP contribution in [-0.2, 0) is 4.74 Å². The van der Waals surface area contributed by atoms with Gasteiger partial charge in [-0.25, -0.2) is 9.18 Å². The maximum atomic E-state index is 14.0. The topological polar surface area (TPSA) is 47.4 Å². The maximum absolute atomic E-state index is 14.0. The fraction of sp³-hybridized carbons (Fsp3) is 0.667. The van der Waals surface area contributed by atoms with Crippen molar-refractivity contribution in [3.05, 3.63) is 16.0 Å². The number of amides is 1. The average Bonchev–Trinajstić information content (AvgIpc) is 2.82. The van der Waals surface area contributed by atoms with Crippen molar-refractivity contribution in [3.63, 3.8) is 0 Å². The number of carbonyl (C=O) groups is 1. The minimum atomic E-state index is -1.12. The summed E-state index contributed by atoms with van der Waals surface area (Å²) in [6.45, 7) is 5.72. The van der Waals surface area contributed by atoms with Crippen LogP contribution in [0.1, 0.15) is 26.8 Å². The highest BCUT2D eigenvalue weighted by atomic mass is 127. The van der Waals surface area contributed by atoms with Crippen molar-refractivity contribution < 1.29 is 13.9 Å². The van der Waals surface area contributed by atoms with Gasteiger partial charge in [0.15, 0.2) is 0 Å². The van der Waals surface area contributed by atoms with Crippen LogP contribution in [0.5, 0.6) is 0 Å². The smallest absolute Gasteiger partial charge is 0.410 e. The van der Waals surface area contributed by atoms with Crippen molar-refractivity contribution in [1.82, 2.24) is 14.7 Å². The molecule has 1 aliphatic rings. The first-order valence-corrected chi connectivity index (χ1v) is 7.16. The van der Waals surface area contributed by atoms with Crippen LogP contribution in [-0.4, -0.2) is 45.6 Å². The van der Waals surface area contributed by atoms with Crippen LogP contribution in [0.15, 0.2) is 12.4 Å². The molecule has 0 N–H and O–H groups in total. The lowest BCUT2D eigenvalue weighted by Crippen LogP contribution is -2.35. The third-order valence-corrected chi connectivity index (χ3v) is 3.34. The van der Waals surface area contributed by atoms with Gasteiger partial charge < -0.3 is 9.64 Å². The molecule has 0 saturated carbocycles. The summed E-state index contributed by atoms with van der Waals surface area (Å²) in [5.74, 6) is 0. The molecule has 0 aliphatic carbocycles. The highest BCUT2D eigenvalue weighted by Crippen LogP contribution is 2.26. The van der Waals surface area contributed by atoms with E-state index in [-0.39, 0.29) is 13.1 Å². The molecule has 2 atom stereocenters. The Bertz CT molecular complexity index is 472. The summed E-state index contributed by atoms with van der Waals surface area (Å²) < 4.78 is 21.8. The summed E-state index contributed by atoms with van der Waals surface area (Å²) in [4.78, 5) is 13.3. The number of aromatic nitrogens is 2. The van der Waals surface area contributed by atoms with Crippen LogP contribution >= 0.6 is 22.6 Å². The Morgan fingerprint density at radius 3 is 2.74 bits per heavy atom. The predicted molar refractivity (Wildman–Crippen MR) is 76.7 cm³/mol. The lowest BCUT2D eigenvalue weighted by Gasteiger charge is -2.24. The first-order valence-electron chi connectivity index (χ1n) is 6.08. The molecule has 0 spiro atoms. The zero-order valence-corrected chi connectivity index (χ0v) is 13.3. The van der Waals surface area contributed by atoms with Gasteiger partial charge >= 0.3 is 6.09 Å². The zero-order chi connectivity index (χ0) is 14.2. The summed E-state index contributed by atoms with van der Waals surface area (Å²) in [7, 11) is 0. The van der Waals surface area contributed by atoms with E-state index in [0.29, 0.717) is 0 Å². The van der Waals surface area contributed by atoms with Gasteiger partial charge in [-0.3, -0.25) is 4.68 Å². The van der Waals surface area contributed by atoms with Gasteiger partial charge in [-0.2, -0.15) is 5.10 Å². The Labute approximate surface area is 125 Å². The number of carbonyl (C=O) groups excluding carboxylic acids is 1. The molecule has 1 saturated heterocycles. The fourth-order valence-corrected chi connectivity index (χ4v) is 2.38. The van der Waals surface area contributed by atoms with Gasteiger partial charge in [-0.1, -0.05) is 0 Å². The second kappa shape index (κ2) is 5.26. The molecule has 1 fully saturated rings. The number of alkyl halides is 1. The summed E-state index contributed by atoms with van der Waals surface area (Å²) in [6.07, 6.45) is 1.85. The largest absolute Gasteiger partial charge is 0.444 e. The molecule has 106 valence electrons. The highest BCUT2D eigenvalue weighted by molar-refractivity contribution is 14.1. The van der Waals surface area contributed by atoms with E-state index in [0.717, 1.165) is 3.57 Å². The Kier molecular flexibility index (Phi) is 4.03. The van der Waals surface area contributed by atoms with Crippen molar-refractivity contribution in [3.8, 4) is 0 Å². The molecule has 1 amide bonds. The van der Waals surface area contributed by atoms with E-state index >= 15 is 0 Å². The molecule has 1 aromatic rings. The molecule has 5 nitrogen and oxygen atoms in total. The number of likely N-dealkylation sites (tertiary alicyclic amines) is 1. The van der Waals surface area contributed by atoms with E-state index in [1.54, 1.807) is 37.8 Å². The Morgan fingerprint density at radius 1 is 1.53 bits per heavy atom. The van der Waals surface area contributed by atoms with E-state index < -0.39 is 23.9 Å². The number of nitrogens with zero attached hydrogens (tertiary/aromatic N) is 3. The van der Waals surface area contributed by atoms with E-state index in [4.69, 9.17) is 4.74 Å². The Hall–Kier alpha value is -0.860. The number of hydrogen-bond acceptors (Lipinski definition) is 3. The number of rotatable bonds is 1. The molecule has 19 heavy (non-hydrogen) atoms. The van der Waals surface area contributed by atoms with Crippen LogP contribution in [0.4, 0.5) is 9.18 Å². The van der Waals surface area contributed by atoms with Crippen LogP contribution in [0.3, 0.4) is 0 Å². The quantitative estimate of drug-likeness (QED) is 0.703. The minimum absolute atomic E-state index is 0.0516. The van der Waals surface area contributed by atoms with Crippen LogP contribution in [0.25, 0.3) is 0 Å². The predicted octanol–water partition coefficient (Wildman–Crippen LogP) is 2.62. The molecule has 2 heterocycles. The average molecular weight is 381 g/mol. The van der Waals surface area contributed by atoms with Crippen LogP contribution in [0, 0.1) is 3.57 Å². The third kappa shape index (κ3) is 3.58. The van der Waals surface area contributed by atoms with E-state index in [2.05, 4.69) is 27.7 Å². The summed E-state index contributed by atoms with van der Waals surface area (Å²) in [5, 5.41) is 4.11. The SMILES string of the molecule is CC(C)(C)OC(=O)N1CC(F)C(n2cc(I)cn2)C1. The molecule has 1 aliphatic heterocycles. The zero-order valence-electron chi connectivity index (χ0n) is 11.1. The molecule has 1 aromatic heterocycles. The summed E-state index contributed by atoms with van der Waals surface area (Å²) >= 11 is 2.12. The molecule has 0 radical (unpaired) electrons. The van der Waals surface area contributed by atoms with Crippen LogP contribution < -0.4 is 0 Å². The Morgan fingerprint density at radius 2 is 2.21 bits per heavy atom. The monoisotopic (exact) mass is 381 g/mol. The Balaban J connectivity index is 2.03. The van der Waals surface area contributed by atoms with Gasteiger partial charge in [0.05, 0.1) is 16.3 Å². The second-order valence-corrected chi connectivity index (χ2v) is 6.85. The van der Waals surface area contributed by atoms with Gasteiger partial charge in [-0.15, -0.1) is 0 Å². The van der Waals surface area contributed by atoms with E-state index in [9.17, 15) is 9.18 Å². The number of hydrogen-bond donors (Lipinski definition) is 0. The van der Waals surface area contributed by atoms with Crippen molar-refractivity contribution >= 4 is 28.7 Å². The summed E-state index contributed by atoms with van der Waals surface area (Å²) in [6, 6.07) is -0.434. The van der Waals surface area contributed by atoms with Crippen molar-refractivity contribution in [2.45, 2.75) is 38.6 Å². The van der Waals surface area contributed by atoms with Gasteiger partial charge in [0.2, 0.25) is 0 Å². The number of ether oxygens (including phenoxy) is 1. The van der Waals surface area contributed by atoms with Gasteiger partial charge in [0, 0.05) is 12.7 Å². The van der Waals surface area contributed by atoms with E-state index in [1.165, 1.54) is 4.90 Å². The van der Waals surface area contributed by atoms with E-state index in [1.807, 2.05) is 0 Å². The molecular formula is C12H17FIN3O2. The summed E-state index contributed by atoms with van der Waals surface area (Å²) in [5.41, 5.74) is -0.567. The van der Waals surface area contributed by atoms with Gasteiger partial charge in [0.25, 0.3) is 0 Å². The first-order chi connectivity index (χ1) is 8.76. The lowest BCUT2D eigenvalue weighted by atomic mass is 10.2. The molecule has 2 unspecified atom stereocenters. The van der Waals surface area contributed by atoms with Crippen LogP contribution in [0.2, 0.25) is 0 Å². The normalized spacial score (nSPS) is 23.7. The standard InChI is InChI=1S/C12H17FIN3O2/c1-12(2,3)19-11(18)16-6-9(13)10(7-16)17-5-8(14)4-15-17/h4-5,9-10H,6-7H2,1-3H3. The lowest BCUT2D eigenvalue weighted by molar-refractivity contribution is 0.0281. The first kappa shape index (κ1) is 14.5.